The number of hydrogen-bond donors (Lipinski definition) is 1. The summed E-state index contributed by atoms with van der Waals surface area (Å²) in [6.45, 7) is 7.56. The molecule has 0 saturated carbocycles. The lowest BCUT2D eigenvalue weighted by molar-refractivity contribution is -0.0764. The highest BCUT2D eigenvalue weighted by atomic mass is 32.1. The van der Waals surface area contributed by atoms with E-state index in [2.05, 4.69) is 41.0 Å². The van der Waals surface area contributed by atoms with Crippen molar-refractivity contribution in [2.24, 2.45) is 0 Å². The Bertz CT molecular complexity index is 926. The highest BCUT2D eigenvalue weighted by molar-refractivity contribution is 7.17. The first-order valence-electron chi connectivity index (χ1n) is 9.04. The molecule has 1 saturated heterocycles. The number of fused-ring (bicyclic) bond motifs is 1. The second kappa shape index (κ2) is 7.10. The van der Waals surface area contributed by atoms with E-state index in [0.717, 1.165) is 29.3 Å². The molecule has 3 unspecified atom stereocenters. The fourth-order valence-electron chi connectivity index (χ4n) is 3.77. The summed E-state index contributed by atoms with van der Waals surface area (Å²) in [5.41, 5.74) is 1.09. The van der Waals surface area contributed by atoms with Crippen molar-refractivity contribution < 1.29 is 14.6 Å². The molecule has 144 valence electrons. The zero-order chi connectivity index (χ0) is 19.1. The molecule has 0 aliphatic carbocycles. The summed E-state index contributed by atoms with van der Waals surface area (Å²) in [5, 5.41) is 15.2. The number of methoxy groups -OCH3 is 1. The zero-order valence-electron chi connectivity index (χ0n) is 15.9. The molecule has 0 spiro atoms. The number of nitrogens with zero attached hydrogens (tertiary/aromatic N) is 4. The molecule has 1 aromatic carbocycles. The minimum atomic E-state index is -0.0986. The van der Waals surface area contributed by atoms with Crippen molar-refractivity contribution >= 4 is 16.3 Å². The number of aryl methyl sites for hydroxylation is 1. The van der Waals surface area contributed by atoms with Crippen LogP contribution in [0.4, 0.5) is 0 Å². The van der Waals surface area contributed by atoms with Gasteiger partial charge in [0.15, 0.2) is 0 Å². The molecule has 7 nitrogen and oxygen atoms in total. The lowest BCUT2D eigenvalue weighted by atomic mass is 10.0. The molecule has 1 fully saturated rings. The number of aromatic hydroxyl groups is 1. The summed E-state index contributed by atoms with van der Waals surface area (Å²) >= 11 is 1.48. The van der Waals surface area contributed by atoms with Gasteiger partial charge in [0, 0.05) is 13.1 Å². The topological polar surface area (TPSA) is 72.1 Å². The fourth-order valence-corrected chi connectivity index (χ4v) is 4.93. The lowest BCUT2D eigenvalue weighted by Crippen LogP contribution is -2.47. The largest absolute Gasteiger partial charge is 0.497 e. The Morgan fingerprint density at radius 3 is 2.48 bits per heavy atom. The highest BCUT2D eigenvalue weighted by Gasteiger charge is 2.34. The van der Waals surface area contributed by atoms with Gasteiger partial charge in [-0.15, -0.1) is 5.10 Å². The highest BCUT2D eigenvalue weighted by Crippen LogP contribution is 2.41. The maximum atomic E-state index is 10.9. The molecule has 0 radical (unpaired) electrons. The molecular weight excluding hydrogens is 364 g/mol. The summed E-state index contributed by atoms with van der Waals surface area (Å²) in [4.78, 5) is 8.33. The molecule has 1 aliphatic rings. The third-order valence-electron chi connectivity index (χ3n) is 4.80. The van der Waals surface area contributed by atoms with E-state index in [4.69, 9.17) is 9.47 Å². The first-order valence-corrected chi connectivity index (χ1v) is 9.86. The molecule has 4 rings (SSSR count). The van der Waals surface area contributed by atoms with Gasteiger partial charge in [-0.25, -0.2) is 4.98 Å². The van der Waals surface area contributed by atoms with Crippen molar-refractivity contribution in [3.05, 3.63) is 40.5 Å². The van der Waals surface area contributed by atoms with Gasteiger partial charge in [-0.05, 0) is 38.5 Å². The fraction of sp³-hybridized carbons (Fsp3) is 0.474. The number of thiazole rings is 1. The summed E-state index contributed by atoms with van der Waals surface area (Å²) in [5.74, 6) is 1.62. The van der Waals surface area contributed by atoms with Crippen LogP contribution in [0.25, 0.3) is 4.96 Å². The molecule has 1 N–H and O–H groups in total. The van der Waals surface area contributed by atoms with Crippen molar-refractivity contribution in [3.63, 3.8) is 0 Å². The number of benzene rings is 1. The first kappa shape index (κ1) is 18.2. The maximum absolute atomic E-state index is 10.9. The lowest BCUT2D eigenvalue weighted by Gasteiger charge is -2.40. The summed E-state index contributed by atoms with van der Waals surface area (Å²) < 4.78 is 12.7. The molecule has 3 aromatic rings. The Hall–Kier alpha value is -2.16. The van der Waals surface area contributed by atoms with Crippen LogP contribution in [-0.2, 0) is 4.74 Å². The monoisotopic (exact) mass is 388 g/mol. The average Bonchev–Trinajstić information content (AvgIpc) is 3.13. The van der Waals surface area contributed by atoms with E-state index in [9.17, 15) is 5.11 Å². The van der Waals surface area contributed by atoms with Gasteiger partial charge in [0.2, 0.25) is 10.8 Å². The summed E-state index contributed by atoms with van der Waals surface area (Å²) in [6, 6.07) is 7.91. The van der Waals surface area contributed by atoms with Crippen LogP contribution in [0.5, 0.6) is 11.6 Å². The number of morpholine rings is 1. The van der Waals surface area contributed by atoms with E-state index in [0.29, 0.717) is 10.8 Å². The van der Waals surface area contributed by atoms with Gasteiger partial charge >= 0.3 is 0 Å². The summed E-state index contributed by atoms with van der Waals surface area (Å²) in [6.07, 6.45) is 0.252. The Morgan fingerprint density at radius 2 is 1.89 bits per heavy atom. The second-order valence-corrected chi connectivity index (χ2v) is 8.04. The normalized spacial score (nSPS) is 22.2. The quantitative estimate of drug-likeness (QED) is 0.741. The molecule has 27 heavy (non-hydrogen) atoms. The molecule has 3 heterocycles. The minimum absolute atomic E-state index is 0.0986. The van der Waals surface area contributed by atoms with Gasteiger partial charge in [0.25, 0.3) is 0 Å². The molecule has 2 aromatic heterocycles. The van der Waals surface area contributed by atoms with E-state index in [-0.39, 0.29) is 24.1 Å². The molecule has 1 aliphatic heterocycles. The van der Waals surface area contributed by atoms with Gasteiger partial charge in [0.05, 0.1) is 30.2 Å². The van der Waals surface area contributed by atoms with Crippen LogP contribution in [0.1, 0.15) is 36.2 Å². The number of ether oxygens (including phenoxy) is 2. The Balaban J connectivity index is 1.80. The molecule has 3 atom stereocenters. The van der Waals surface area contributed by atoms with Crippen LogP contribution in [-0.4, -0.2) is 57.0 Å². The smallest absolute Gasteiger partial charge is 0.230 e. The van der Waals surface area contributed by atoms with Gasteiger partial charge in [-0.3, -0.25) is 4.90 Å². The predicted octanol–water partition coefficient (Wildman–Crippen LogP) is 3.01. The molecule has 0 amide bonds. The van der Waals surface area contributed by atoms with E-state index in [1.54, 1.807) is 7.11 Å². The van der Waals surface area contributed by atoms with Gasteiger partial charge < -0.3 is 14.6 Å². The standard InChI is InChI=1S/C19H24N4O3S/c1-11-9-22(10-12(2)26-11)16(14-5-7-15(25-4)8-6-14)17-18(24)23-19(27-17)20-13(3)21-23/h5-8,11-12,16,24H,9-10H2,1-4H3. The van der Waals surface area contributed by atoms with Crippen LogP contribution in [0.2, 0.25) is 0 Å². The first-order chi connectivity index (χ1) is 13.0. The van der Waals surface area contributed by atoms with Crippen LogP contribution in [0.15, 0.2) is 24.3 Å². The van der Waals surface area contributed by atoms with Crippen molar-refractivity contribution in [3.8, 4) is 11.6 Å². The second-order valence-electron chi connectivity index (χ2n) is 7.03. The van der Waals surface area contributed by atoms with E-state index < -0.39 is 0 Å². The van der Waals surface area contributed by atoms with E-state index in [1.165, 1.54) is 15.9 Å². The number of hydrogen-bond acceptors (Lipinski definition) is 7. The predicted molar refractivity (Wildman–Crippen MR) is 104 cm³/mol. The van der Waals surface area contributed by atoms with Gasteiger partial charge in [-0.2, -0.15) is 4.52 Å². The van der Waals surface area contributed by atoms with E-state index >= 15 is 0 Å². The Kier molecular flexibility index (Phi) is 4.79. The van der Waals surface area contributed by atoms with Gasteiger partial charge in [-0.1, -0.05) is 23.5 Å². The third-order valence-corrected chi connectivity index (χ3v) is 5.87. The Labute approximate surface area is 162 Å². The average molecular weight is 388 g/mol. The zero-order valence-corrected chi connectivity index (χ0v) is 16.7. The van der Waals surface area contributed by atoms with Crippen LogP contribution >= 0.6 is 11.3 Å². The van der Waals surface area contributed by atoms with Gasteiger partial charge in [0.1, 0.15) is 11.6 Å². The van der Waals surface area contributed by atoms with Crippen LogP contribution < -0.4 is 4.74 Å². The SMILES string of the molecule is COc1ccc(C(c2sc3nc(C)nn3c2O)N2CC(C)OC(C)C2)cc1. The van der Waals surface area contributed by atoms with Crippen LogP contribution in [0, 0.1) is 6.92 Å². The Morgan fingerprint density at radius 1 is 1.22 bits per heavy atom. The van der Waals surface area contributed by atoms with Crippen molar-refractivity contribution in [1.29, 1.82) is 0 Å². The van der Waals surface area contributed by atoms with E-state index in [1.807, 2.05) is 19.1 Å². The third kappa shape index (κ3) is 3.40. The minimum Gasteiger partial charge on any atom is -0.497 e. The van der Waals surface area contributed by atoms with Crippen molar-refractivity contribution in [1.82, 2.24) is 19.5 Å². The molecule has 8 heteroatoms. The maximum Gasteiger partial charge on any atom is 0.230 e. The molecule has 0 bridgehead atoms. The van der Waals surface area contributed by atoms with Crippen molar-refractivity contribution in [2.45, 2.75) is 39.0 Å². The van der Waals surface area contributed by atoms with Crippen LogP contribution in [0.3, 0.4) is 0 Å². The number of aromatic nitrogens is 3. The number of rotatable bonds is 4. The van der Waals surface area contributed by atoms with Crippen molar-refractivity contribution in [2.75, 3.05) is 20.2 Å². The summed E-state index contributed by atoms with van der Waals surface area (Å²) in [7, 11) is 1.66. The molecular formula is C19H24N4O3S.